The van der Waals surface area contributed by atoms with Gasteiger partial charge in [-0.3, -0.25) is 0 Å². The van der Waals surface area contributed by atoms with Gasteiger partial charge in [0.15, 0.2) is 0 Å². The van der Waals surface area contributed by atoms with Crippen LogP contribution in [-0.4, -0.2) is 3.71 Å². The van der Waals surface area contributed by atoms with Crippen molar-refractivity contribution in [1.82, 2.24) is 0 Å². The molecule has 0 aromatic heterocycles. The molecule has 0 N–H and O–H groups in total. The van der Waals surface area contributed by atoms with Gasteiger partial charge in [-0.25, -0.2) is 0 Å². The second kappa shape index (κ2) is 14.9. The minimum absolute atomic E-state index is 0. The second-order valence-electron chi connectivity index (χ2n) is 15.9. The van der Waals surface area contributed by atoms with E-state index in [1.54, 1.807) is 3.28 Å². The molecule has 0 unspecified atom stereocenters. The van der Waals surface area contributed by atoms with Crippen LogP contribution in [0.15, 0.2) is 125 Å². The van der Waals surface area contributed by atoms with E-state index in [0.29, 0.717) is 3.63 Å². The Kier molecular flexibility index (Phi) is 11.3. The molecule has 0 radical (unpaired) electrons. The minimum Gasteiger partial charge on any atom is -1.00 e. The van der Waals surface area contributed by atoms with Gasteiger partial charge in [-0.2, -0.15) is 0 Å². The summed E-state index contributed by atoms with van der Waals surface area (Å²) in [6, 6.07) is 39.6. The molecule has 5 aromatic carbocycles. The maximum atomic E-state index is 2.74. The zero-order chi connectivity index (χ0) is 33.8. The Morgan fingerprint density at radius 3 is 1.44 bits per heavy atom. The van der Waals surface area contributed by atoms with Crippen molar-refractivity contribution in [3.63, 3.8) is 0 Å². The Hall–Kier alpha value is -3.09. The quantitative estimate of drug-likeness (QED) is 0.189. The molecule has 0 atom stereocenters. The van der Waals surface area contributed by atoms with Gasteiger partial charge in [-0.1, -0.05) is 0 Å². The first-order valence-corrected chi connectivity index (χ1v) is 21.6. The summed E-state index contributed by atoms with van der Waals surface area (Å²) in [7, 11) is 0. The van der Waals surface area contributed by atoms with Gasteiger partial charge in [-0.05, 0) is 0 Å². The van der Waals surface area contributed by atoms with Gasteiger partial charge in [0, 0.05) is 0 Å². The Morgan fingerprint density at radius 1 is 0.560 bits per heavy atom. The van der Waals surface area contributed by atoms with Crippen molar-refractivity contribution in [1.29, 1.82) is 0 Å². The molecule has 2 aliphatic rings. The van der Waals surface area contributed by atoms with Crippen molar-refractivity contribution < 1.29 is 46.1 Å². The van der Waals surface area contributed by atoms with Crippen LogP contribution in [0.2, 0.25) is 0 Å². The molecule has 2 aliphatic carbocycles. The number of hydrogen-bond donors (Lipinski definition) is 0. The molecule has 0 spiro atoms. The SMILES string of the molecule is Cc1ccccc1-c1cc2c(cc1C(C)(C)C)-c1cc(C(C)(C)C)c(-c3ccccc3C)cc1[CH]2/[Zr+2](=[CH]/c1ccccc1)[C]1=CC=CC1.[Cl-].[Cl-]. The van der Waals surface area contributed by atoms with Gasteiger partial charge in [-0.15, -0.1) is 0 Å². The van der Waals surface area contributed by atoms with Crippen LogP contribution >= 0.6 is 0 Å². The van der Waals surface area contributed by atoms with Crippen LogP contribution in [0.25, 0.3) is 33.4 Å². The molecular formula is C47H48Cl2Zr. The van der Waals surface area contributed by atoms with E-state index < -0.39 is 21.3 Å². The van der Waals surface area contributed by atoms with Crippen LogP contribution in [0.1, 0.15) is 90.5 Å². The standard InChI is InChI=1S/C35H37.C7H6.C5H5.2ClH.Zr/c1-22-13-9-11-15-26(22)30-18-24-17-25-19-31(27-16-12-10-14-23(27)2)33(35(6,7)8)21-29(25)28(24)20-32(30)34(3,4)5;1-7-5-3-2-4-6-7;1-2-4-5-3-1;;;/h9-21H,1-8H3;1-6H;1-3H,4H2;2*1H;/q;;;;;+2/p-2. The Labute approximate surface area is 320 Å². The smallest absolute Gasteiger partial charge is 1.00 e. The zero-order valence-electron chi connectivity index (χ0n) is 30.7. The van der Waals surface area contributed by atoms with Crippen molar-refractivity contribution in [2.75, 3.05) is 0 Å². The summed E-state index contributed by atoms with van der Waals surface area (Å²) in [6.07, 6.45) is 8.21. The van der Waals surface area contributed by atoms with E-state index in [2.05, 4.69) is 180 Å². The van der Waals surface area contributed by atoms with Crippen molar-refractivity contribution in [2.24, 2.45) is 0 Å². The fraction of sp³-hybridized carbons (Fsp3) is 0.255. The van der Waals surface area contributed by atoms with E-state index in [9.17, 15) is 0 Å². The molecule has 0 fully saturated rings. The molecule has 0 amide bonds. The van der Waals surface area contributed by atoms with Crippen LogP contribution in [0.5, 0.6) is 0 Å². The van der Waals surface area contributed by atoms with Gasteiger partial charge in [0.05, 0.1) is 0 Å². The average Bonchev–Trinajstić information content (AvgIpc) is 3.69. The Bertz CT molecular complexity index is 2020. The molecule has 50 heavy (non-hydrogen) atoms. The van der Waals surface area contributed by atoms with Crippen LogP contribution in [0.3, 0.4) is 0 Å². The van der Waals surface area contributed by atoms with Crippen molar-refractivity contribution in [3.05, 3.63) is 164 Å². The third-order valence-corrected chi connectivity index (χ3v) is 17.7. The molecule has 0 bridgehead atoms. The van der Waals surface area contributed by atoms with Gasteiger partial charge < -0.3 is 24.8 Å². The number of rotatable bonds is 5. The normalized spacial score (nSPS) is 13.7. The number of hydrogen-bond acceptors (Lipinski definition) is 0. The summed E-state index contributed by atoms with van der Waals surface area (Å²) < 4.78 is 4.80. The largest absolute Gasteiger partial charge is 1.00 e. The molecular weight excluding hydrogens is 727 g/mol. The van der Waals surface area contributed by atoms with Gasteiger partial charge in [0.25, 0.3) is 0 Å². The maximum Gasteiger partial charge on any atom is -1.00 e. The summed E-state index contributed by atoms with van der Waals surface area (Å²) in [5.74, 6) is 0. The van der Waals surface area contributed by atoms with Gasteiger partial charge in [0.2, 0.25) is 0 Å². The van der Waals surface area contributed by atoms with Crippen LogP contribution < -0.4 is 24.8 Å². The molecule has 254 valence electrons. The predicted molar refractivity (Wildman–Crippen MR) is 205 cm³/mol. The van der Waals surface area contributed by atoms with E-state index in [0.717, 1.165) is 6.42 Å². The minimum atomic E-state index is -2.55. The number of benzene rings is 5. The van der Waals surface area contributed by atoms with Crippen molar-refractivity contribution in [2.45, 2.75) is 76.3 Å². The first-order valence-electron chi connectivity index (χ1n) is 17.5. The van der Waals surface area contributed by atoms with Crippen molar-refractivity contribution >= 4 is 3.71 Å². The summed E-state index contributed by atoms with van der Waals surface area (Å²) >= 11 is -2.55. The van der Waals surface area contributed by atoms with E-state index >= 15 is 0 Å². The Balaban J connectivity index is 0.00000243. The molecule has 3 heteroatoms. The Morgan fingerprint density at radius 2 is 1.02 bits per heavy atom. The number of aryl methyl sites for hydroxylation is 2. The summed E-state index contributed by atoms with van der Waals surface area (Å²) in [5.41, 5.74) is 18.4. The molecule has 0 heterocycles. The molecule has 0 nitrogen and oxygen atoms in total. The number of fused-ring (bicyclic) bond motifs is 3. The number of allylic oxidation sites excluding steroid dienone is 4. The van der Waals surface area contributed by atoms with Crippen LogP contribution in [-0.2, 0) is 32.1 Å². The number of halogens is 2. The molecule has 5 aromatic rings. The fourth-order valence-electron chi connectivity index (χ4n) is 7.87. The topological polar surface area (TPSA) is 0 Å². The molecule has 0 saturated heterocycles. The maximum absolute atomic E-state index is 2.74. The monoisotopic (exact) mass is 772 g/mol. The first kappa shape index (κ1) is 38.2. The van der Waals surface area contributed by atoms with E-state index in [1.165, 1.54) is 72.3 Å². The summed E-state index contributed by atoms with van der Waals surface area (Å²) in [6.45, 7) is 18.8. The molecule has 7 rings (SSSR count). The average molecular weight is 775 g/mol. The van der Waals surface area contributed by atoms with Gasteiger partial charge >= 0.3 is 298 Å². The summed E-state index contributed by atoms with van der Waals surface area (Å²) in [5, 5.41) is 0. The zero-order valence-corrected chi connectivity index (χ0v) is 34.6. The fourth-order valence-corrected chi connectivity index (χ4v) is 15.4. The van der Waals surface area contributed by atoms with E-state index in [4.69, 9.17) is 0 Å². The second-order valence-corrected chi connectivity index (χ2v) is 21.8. The third kappa shape index (κ3) is 7.17. The van der Waals surface area contributed by atoms with E-state index in [1.807, 2.05) is 0 Å². The van der Waals surface area contributed by atoms with Crippen LogP contribution in [0, 0.1) is 13.8 Å². The van der Waals surface area contributed by atoms with Crippen LogP contribution in [0.4, 0.5) is 0 Å². The van der Waals surface area contributed by atoms with Crippen molar-refractivity contribution in [3.8, 4) is 33.4 Å². The van der Waals surface area contributed by atoms with Gasteiger partial charge in [0.1, 0.15) is 0 Å². The first-order chi connectivity index (χ1) is 22.9. The van der Waals surface area contributed by atoms with E-state index in [-0.39, 0.29) is 35.6 Å². The summed E-state index contributed by atoms with van der Waals surface area (Å²) in [4.78, 5) is 0. The molecule has 0 aliphatic heterocycles. The molecule has 0 saturated carbocycles. The predicted octanol–water partition coefficient (Wildman–Crippen LogP) is 6.62. The third-order valence-electron chi connectivity index (χ3n) is 10.4.